The van der Waals surface area contributed by atoms with Gasteiger partial charge in [0.2, 0.25) is 0 Å². The molecule has 1 aromatic carbocycles. The lowest BCUT2D eigenvalue weighted by molar-refractivity contribution is -0.119. The quantitative estimate of drug-likeness (QED) is 0.783. The predicted molar refractivity (Wildman–Crippen MR) is 61.3 cm³/mol. The number of benzene rings is 1. The molecule has 1 aromatic rings. The van der Waals surface area contributed by atoms with Crippen LogP contribution in [0.3, 0.4) is 0 Å². The average Bonchev–Trinajstić information content (AvgIpc) is 2.73. The van der Waals surface area contributed by atoms with Gasteiger partial charge in [-0.25, -0.2) is 0 Å². The fourth-order valence-corrected chi connectivity index (χ4v) is 1.86. The van der Waals surface area contributed by atoms with Crippen LogP contribution in [0.2, 0.25) is 0 Å². The van der Waals surface area contributed by atoms with Gasteiger partial charge in [0, 0.05) is 12.0 Å². The van der Waals surface area contributed by atoms with Crippen molar-refractivity contribution in [2.24, 2.45) is 5.92 Å². The van der Waals surface area contributed by atoms with Crippen molar-refractivity contribution >= 4 is 0 Å². The van der Waals surface area contributed by atoms with E-state index in [9.17, 15) is 0 Å². The monoisotopic (exact) mass is 222 g/mol. The number of hydrogen-bond acceptors (Lipinski definition) is 3. The largest absolute Gasteiger partial charge is 0.496 e. The van der Waals surface area contributed by atoms with E-state index in [1.165, 1.54) is 0 Å². The van der Waals surface area contributed by atoms with Crippen LogP contribution in [-0.2, 0) is 16.1 Å². The first kappa shape index (κ1) is 11.4. The van der Waals surface area contributed by atoms with Gasteiger partial charge in [0.1, 0.15) is 5.75 Å². The number of hydrogen-bond donors (Lipinski definition) is 0. The number of para-hydroxylation sites is 1. The summed E-state index contributed by atoms with van der Waals surface area (Å²) in [5.74, 6) is 1.47. The Balaban J connectivity index is 1.89. The van der Waals surface area contributed by atoms with Crippen molar-refractivity contribution in [3.05, 3.63) is 29.8 Å². The minimum absolute atomic E-state index is 0.0556. The molecule has 0 radical (unpaired) electrons. The zero-order valence-corrected chi connectivity index (χ0v) is 9.81. The first-order valence-electron chi connectivity index (χ1n) is 5.64. The summed E-state index contributed by atoms with van der Waals surface area (Å²) in [7, 11) is 1.67. The number of methoxy groups -OCH3 is 1. The third-order valence-electron chi connectivity index (χ3n) is 2.78. The molecule has 1 unspecified atom stereocenters. The topological polar surface area (TPSA) is 27.7 Å². The molecule has 1 saturated heterocycles. The number of ether oxygens (including phenoxy) is 3. The van der Waals surface area contributed by atoms with Crippen molar-refractivity contribution in [2.45, 2.75) is 26.2 Å². The standard InChI is InChI=1S/C13H18O3/c1-10-7-13(15-8-10)16-9-11-5-3-4-6-12(11)14-2/h3-6,10,13H,7-9H2,1-2H3/t10-,13?/m1/s1. The first-order chi connectivity index (χ1) is 7.79. The molecule has 2 atom stereocenters. The summed E-state index contributed by atoms with van der Waals surface area (Å²) in [5.41, 5.74) is 1.06. The van der Waals surface area contributed by atoms with E-state index >= 15 is 0 Å². The molecular formula is C13H18O3. The molecule has 1 heterocycles. The maximum Gasteiger partial charge on any atom is 0.158 e. The Morgan fingerprint density at radius 3 is 2.88 bits per heavy atom. The lowest BCUT2D eigenvalue weighted by Crippen LogP contribution is -2.10. The molecule has 1 fully saturated rings. The second-order valence-corrected chi connectivity index (χ2v) is 4.23. The average molecular weight is 222 g/mol. The normalized spacial score (nSPS) is 24.6. The van der Waals surface area contributed by atoms with E-state index in [1.807, 2.05) is 24.3 Å². The van der Waals surface area contributed by atoms with Crippen LogP contribution in [0.1, 0.15) is 18.9 Å². The SMILES string of the molecule is COc1ccccc1COC1C[C@@H](C)CO1. The maximum absolute atomic E-state index is 5.70. The van der Waals surface area contributed by atoms with E-state index in [0.29, 0.717) is 12.5 Å². The summed E-state index contributed by atoms with van der Waals surface area (Å²) in [6.07, 6.45) is 0.926. The molecule has 0 saturated carbocycles. The van der Waals surface area contributed by atoms with E-state index in [-0.39, 0.29) is 6.29 Å². The van der Waals surface area contributed by atoms with Gasteiger partial charge in [0.15, 0.2) is 6.29 Å². The second-order valence-electron chi connectivity index (χ2n) is 4.23. The van der Waals surface area contributed by atoms with Crippen molar-refractivity contribution in [1.82, 2.24) is 0 Å². The van der Waals surface area contributed by atoms with E-state index in [1.54, 1.807) is 7.11 Å². The van der Waals surface area contributed by atoms with Crippen molar-refractivity contribution in [1.29, 1.82) is 0 Å². The van der Waals surface area contributed by atoms with Gasteiger partial charge in [-0.1, -0.05) is 25.1 Å². The highest BCUT2D eigenvalue weighted by molar-refractivity contribution is 5.32. The molecule has 0 bridgehead atoms. The third-order valence-corrected chi connectivity index (χ3v) is 2.78. The lowest BCUT2D eigenvalue weighted by Gasteiger charge is -2.13. The molecule has 88 valence electrons. The van der Waals surface area contributed by atoms with Gasteiger partial charge in [-0.15, -0.1) is 0 Å². The highest BCUT2D eigenvalue weighted by Gasteiger charge is 2.22. The molecule has 2 rings (SSSR count). The Labute approximate surface area is 96.3 Å². The van der Waals surface area contributed by atoms with Gasteiger partial charge in [-0.05, 0) is 12.0 Å². The zero-order valence-electron chi connectivity index (χ0n) is 9.81. The van der Waals surface area contributed by atoms with Crippen LogP contribution in [0.4, 0.5) is 0 Å². The molecule has 3 nitrogen and oxygen atoms in total. The highest BCUT2D eigenvalue weighted by atomic mass is 16.7. The molecule has 16 heavy (non-hydrogen) atoms. The Morgan fingerprint density at radius 2 is 2.19 bits per heavy atom. The van der Waals surface area contributed by atoms with Crippen LogP contribution in [0.15, 0.2) is 24.3 Å². The minimum atomic E-state index is -0.0556. The van der Waals surface area contributed by atoms with Gasteiger partial charge in [0.05, 0.1) is 20.3 Å². The van der Waals surface area contributed by atoms with Crippen LogP contribution >= 0.6 is 0 Å². The number of rotatable bonds is 4. The second kappa shape index (κ2) is 5.32. The molecule has 1 aliphatic rings. The first-order valence-corrected chi connectivity index (χ1v) is 5.64. The Hall–Kier alpha value is -1.06. The fourth-order valence-electron chi connectivity index (χ4n) is 1.86. The molecule has 0 aromatic heterocycles. The summed E-state index contributed by atoms with van der Waals surface area (Å²) < 4.78 is 16.5. The van der Waals surface area contributed by atoms with Crippen molar-refractivity contribution < 1.29 is 14.2 Å². The fraction of sp³-hybridized carbons (Fsp3) is 0.538. The minimum Gasteiger partial charge on any atom is -0.496 e. The van der Waals surface area contributed by atoms with Crippen LogP contribution < -0.4 is 4.74 Å². The van der Waals surface area contributed by atoms with Crippen molar-refractivity contribution in [2.75, 3.05) is 13.7 Å². The third kappa shape index (κ3) is 2.74. The van der Waals surface area contributed by atoms with Crippen LogP contribution in [-0.4, -0.2) is 20.0 Å². The molecule has 0 spiro atoms. The molecule has 0 aliphatic carbocycles. The lowest BCUT2D eigenvalue weighted by atomic mass is 10.1. The molecule has 0 amide bonds. The maximum atomic E-state index is 5.70. The van der Waals surface area contributed by atoms with Crippen molar-refractivity contribution in [3.8, 4) is 5.75 Å². The van der Waals surface area contributed by atoms with E-state index in [2.05, 4.69) is 6.92 Å². The van der Waals surface area contributed by atoms with Crippen LogP contribution in [0.5, 0.6) is 5.75 Å². The summed E-state index contributed by atoms with van der Waals surface area (Å²) >= 11 is 0. The summed E-state index contributed by atoms with van der Waals surface area (Å²) in [6, 6.07) is 7.89. The van der Waals surface area contributed by atoms with E-state index in [4.69, 9.17) is 14.2 Å². The van der Waals surface area contributed by atoms with Crippen LogP contribution in [0.25, 0.3) is 0 Å². The summed E-state index contributed by atoms with van der Waals surface area (Å²) in [6.45, 7) is 3.52. The van der Waals surface area contributed by atoms with Gasteiger partial charge in [0.25, 0.3) is 0 Å². The van der Waals surface area contributed by atoms with Gasteiger partial charge in [-0.3, -0.25) is 0 Å². The summed E-state index contributed by atoms with van der Waals surface area (Å²) in [4.78, 5) is 0. The van der Waals surface area contributed by atoms with Crippen LogP contribution in [0, 0.1) is 5.92 Å². The molecular weight excluding hydrogens is 204 g/mol. The van der Waals surface area contributed by atoms with E-state index in [0.717, 1.165) is 24.3 Å². The van der Waals surface area contributed by atoms with Gasteiger partial charge < -0.3 is 14.2 Å². The zero-order chi connectivity index (χ0) is 11.4. The molecule has 1 aliphatic heterocycles. The van der Waals surface area contributed by atoms with E-state index < -0.39 is 0 Å². The highest BCUT2D eigenvalue weighted by Crippen LogP contribution is 2.23. The Kier molecular flexibility index (Phi) is 3.80. The Morgan fingerprint density at radius 1 is 1.38 bits per heavy atom. The summed E-state index contributed by atoms with van der Waals surface area (Å²) in [5, 5.41) is 0. The van der Waals surface area contributed by atoms with Gasteiger partial charge in [-0.2, -0.15) is 0 Å². The van der Waals surface area contributed by atoms with Crippen molar-refractivity contribution in [3.63, 3.8) is 0 Å². The van der Waals surface area contributed by atoms with Gasteiger partial charge >= 0.3 is 0 Å². The Bertz CT molecular complexity index is 338. The smallest absolute Gasteiger partial charge is 0.158 e. The predicted octanol–water partition coefficient (Wildman–Crippen LogP) is 2.59. The molecule has 3 heteroatoms. The molecule has 0 N–H and O–H groups in total.